The molecule has 0 atom stereocenters. The zero-order valence-corrected chi connectivity index (χ0v) is 9.31. The molecule has 1 heterocycles. The molecule has 0 fully saturated rings. The maximum Gasteiger partial charge on any atom is 0.187 e. The van der Waals surface area contributed by atoms with Crippen molar-refractivity contribution in [3.05, 3.63) is 42.2 Å². The molecule has 3 N–H and O–H groups in total. The van der Waals surface area contributed by atoms with Crippen LogP contribution in [0.4, 0.5) is 5.69 Å². The summed E-state index contributed by atoms with van der Waals surface area (Å²) in [6.45, 7) is 0. The van der Waals surface area contributed by atoms with E-state index in [1.54, 1.807) is 30.6 Å². The second kappa shape index (κ2) is 4.85. The van der Waals surface area contributed by atoms with Crippen molar-refractivity contribution in [1.29, 1.82) is 0 Å². The van der Waals surface area contributed by atoms with Crippen molar-refractivity contribution in [3.63, 3.8) is 0 Å². The van der Waals surface area contributed by atoms with E-state index in [-0.39, 0.29) is 5.75 Å². The lowest BCUT2D eigenvalue weighted by atomic mass is 10.2. The lowest BCUT2D eigenvalue weighted by Crippen LogP contribution is -1.89. The first-order valence-electron chi connectivity index (χ1n) is 4.73. The number of rotatable bonds is 3. The predicted molar refractivity (Wildman–Crippen MR) is 64.1 cm³/mol. The van der Waals surface area contributed by atoms with Crippen molar-refractivity contribution in [2.24, 2.45) is 0 Å². The summed E-state index contributed by atoms with van der Waals surface area (Å²) >= 11 is 1.53. The van der Waals surface area contributed by atoms with Crippen LogP contribution in [0.5, 0.6) is 5.75 Å². The number of hydrogen-bond donors (Lipinski definition) is 2. The number of nitrogens with two attached hydrogens (primary N) is 1. The maximum absolute atomic E-state index is 9.27. The van der Waals surface area contributed by atoms with Crippen LogP contribution in [0.2, 0.25) is 0 Å². The van der Waals surface area contributed by atoms with Gasteiger partial charge in [-0.25, -0.2) is 9.97 Å². The molecule has 16 heavy (non-hydrogen) atoms. The summed E-state index contributed by atoms with van der Waals surface area (Å²) in [7, 11) is 0. The average Bonchev–Trinajstić information content (AvgIpc) is 2.32. The Kier molecular flexibility index (Phi) is 3.26. The van der Waals surface area contributed by atoms with Gasteiger partial charge in [-0.1, -0.05) is 17.8 Å². The van der Waals surface area contributed by atoms with Gasteiger partial charge in [0.05, 0.1) is 5.69 Å². The van der Waals surface area contributed by atoms with Crippen LogP contribution in [0.15, 0.2) is 41.8 Å². The van der Waals surface area contributed by atoms with Gasteiger partial charge in [0.1, 0.15) is 5.75 Å². The Hall–Kier alpha value is -1.75. The van der Waals surface area contributed by atoms with E-state index in [1.165, 1.54) is 11.8 Å². The molecule has 0 aliphatic heterocycles. The molecular weight excluding hydrogens is 222 g/mol. The average molecular weight is 233 g/mol. The molecule has 0 saturated heterocycles. The van der Waals surface area contributed by atoms with Crippen LogP contribution >= 0.6 is 11.8 Å². The molecule has 1 aromatic carbocycles. The van der Waals surface area contributed by atoms with Gasteiger partial charge in [0.15, 0.2) is 5.16 Å². The molecule has 0 spiro atoms. The number of nitrogen functional groups attached to an aromatic ring is 1. The van der Waals surface area contributed by atoms with Crippen molar-refractivity contribution in [2.45, 2.75) is 10.9 Å². The molecule has 1 aromatic heterocycles. The van der Waals surface area contributed by atoms with Gasteiger partial charge in [0, 0.05) is 18.1 Å². The van der Waals surface area contributed by atoms with Gasteiger partial charge in [0.25, 0.3) is 0 Å². The van der Waals surface area contributed by atoms with E-state index < -0.39 is 0 Å². The Morgan fingerprint density at radius 2 is 2.00 bits per heavy atom. The van der Waals surface area contributed by atoms with Gasteiger partial charge in [-0.15, -0.1) is 0 Å². The normalized spacial score (nSPS) is 10.2. The van der Waals surface area contributed by atoms with Gasteiger partial charge in [-0.2, -0.15) is 0 Å². The van der Waals surface area contributed by atoms with E-state index in [0.29, 0.717) is 5.69 Å². The van der Waals surface area contributed by atoms with Crippen LogP contribution in [0.25, 0.3) is 0 Å². The van der Waals surface area contributed by atoms with E-state index >= 15 is 0 Å². The minimum atomic E-state index is 0.115. The molecule has 82 valence electrons. The molecule has 5 heteroatoms. The van der Waals surface area contributed by atoms with E-state index in [4.69, 9.17) is 5.73 Å². The van der Waals surface area contributed by atoms with Gasteiger partial charge in [-0.05, 0) is 23.8 Å². The Morgan fingerprint density at radius 1 is 1.25 bits per heavy atom. The lowest BCUT2D eigenvalue weighted by molar-refractivity contribution is 0.478. The van der Waals surface area contributed by atoms with E-state index in [2.05, 4.69) is 9.97 Å². The Morgan fingerprint density at radius 3 is 2.69 bits per heavy atom. The zero-order chi connectivity index (χ0) is 11.4. The van der Waals surface area contributed by atoms with Crippen molar-refractivity contribution in [1.82, 2.24) is 9.97 Å². The van der Waals surface area contributed by atoms with Crippen LogP contribution in [0.3, 0.4) is 0 Å². The number of nitrogens with zero attached hydrogens (tertiary/aromatic N) is 2. The number of aromatic nitrogens is 2. The first kappa shape index (κ1) is 10.8. The van der Waals surface area contributed by atoms with Crippen molar-refractivity contribution >= 4 is 17.4 Å². The van der Waals surface area contributed by atoms with Gasteiger partial charge in [0.2, 0.25) is 0 Å². The SMILES string of the molecule is Nc1cc(CSc2ncccn2)ccc1O. The fourth-order valence-electron chi connectivity index (χ4n) is 1.20. The van der Waals surface area contributed by atoms with Gasteiger partial charge >= 0.3 is 0 Å². The summed E-state index contributed by atoms with van der Waals surface area (Å²) < 4.78 is 0. The van der Waals surface area contributed by atoms with Crippen LogP contribution in [-0.2, 0) is 5.75 Å². The number of phenolic OH excluding ortho intramolecular Hbond substituents is 1. The Labute approximate surface area is 97.5 Å². The largest absolute Gasteiger partial charge is 0.506 e. The summed E-state index contributed by atoms with van der Waals surface area (Å²) in [5.74, 6) is 0.846. The molecule has 4 nitrogen and oxygen atoms in total. The van der Waals surface area contributed by atoms with Gasteiger partial charge in [-0.3, -0.25) is 0 Å². The summed E-state index contributed by atoms with van der Waals surface area (Å²) in [6, 6.07) is 6.96. The summed E-state index contributed by atoms with van der Waals surface area (Å²) in [6.07, 6.45) is 3.42. The number of phenols is 1. The van der Waals surface area contributed by atoms with Crippen LogP contribution < -0.4 is 5.73 Å². The Balaban J connectivity index is 2.03. The van der Waals surface area contributed by atoms with Crippen LogP contribution in [-0.4, -0.2) is 15.1 Å². The minimum absolute atomic E-state index is 0.115. The predicted octanol–water partition coefficient (Wildman–Crippen LogP) is 2.06. The third-order valence-corrected chi connectivity index (χ3v) is 2.95. The second-order valence-corrected chi connectivity index (χ2v) is 4.16. The Bertz CT molecular complexity index is 476. The second-order valence-electron chi connectivity index (χ2n) is 3.21. The zero-order valence-electron chi connectivity index (χ0n) is 8.50. The summed E-state index contributed by atoms with van der Waals surface area (Å²) in [5, 5.41) is 10.0. The smallest absolute Gasteiger partial charge is 0.187 e. The van der Waals surface area contributed by atoms with Crippen LogP contribution in [0.1, 0.15) is 5.56 Å². The minimum Gasteiger partial charge on any atom is -0.506 e. The molecule has 0 amide bonds. The van der Waals surface area contributed by atoms with Crippen molar-refractivity contribution < 1.29 is 5.11 Å². The number of aromatic hydroxyl groups is 1. The van der Waals surface area contributed by atoms with Crippen molar-refractivity contribution in [2.75, 3.05) is 5.73 Å². The fraction of sp³-hybridized carbons (Fsp3) is 0.0909. The molecule has 0 radical (unpaired) electrons. The van der Waals surface area contributed by atoms with E-state index in [9.17, 15) is 5.11 Å². The highest BCUT2D eigenvalue weighted by Crippen LogP contribution is 2.24. The number of hydrogen-bond acceptors (Lipinski definition) is 5. The first-order valence-corrected chi connectivity index (χ1v) is 5.71. The number of thioether (sulfide) groups is 1. The molecule has 0 unspecified atom stereocenters. The number of anilines is 1. The molecule has 2 rings (SSSR count). The third-order valence-electron chi connectivity index (χ3n) is 2.00. The third kappa shape index (κ3) is 2.64. The lowest BCUT2D eigenvalue weighted by Gasteiger charge is -2.03. The highest BCUT2D eigenvalue weighted by molar-refractivity contribution is 7.98. The van der Waals surface area contributed by atoms with Crippen LogP contribution in [0, 0.1) is 0 Å². The monoisotopic (exact) mass is 233 g/mol. The highest BCUT2D eigenvalue weighted by atomic mass is 32.2. The molecule has 0 saturated carbocycles. The fourth-order valence-corrected chi connectivity index (χ4v) is 1.95. The molecule has 0 aliphatic rings. The quantitative estimate of drug-likeness (QED) is 0.367. The topological polar surface area (TPSA) is 72.0 Å². The molecule has 0 bridgehead atoms. The number of benzene rings is 1. The van der Waals surface area contributed by atoms with Gasteiger partial charge < -0.3 is 10.8 Å². The molecular formula is C11H11N3OS. The van der Waals surface area contributed by atoms with E-state index in [0.717, 1.165) is 16.5 Å². The molecule has 0 aliphatic carbocycles. The summed E-state index contributed by atoms with van der Waals surface area (Å²) in [4.78, 5) is 8.21. The standard InChI is InChI=1S/C11H11N3OS/c12-9-6-8(2-3-10(9)15)7-16-11-13-4-1-5-14-11/h1-6,15H,7,12H2. The van der Waals surface area contributed by atoms with Crippen molar-refractivity contribution in [3.8, 4) is 5.75 Å². The maximum atomic E-state index is 9.27. The van der Waals surface area contributed by atoms with E-state index in [1.807, 2.05) is 6.07 Å². The highest BCUT2D eigenvalue weighted by Gasteiger charge is 2.01. The molecule has 2 aromatic rings. The first-order chi connectivity index (χ1) is 7.75. The summed E-state index contributed by atoms with van der Waals surface area (Å²) in [5.41, 5.74) is 7.03.